The maximum absolute atomic E-state index is 14.2. The average Bonchev–Trinajstić information content (AvgIpc) is 2.98. The predicted octanol–water partition coefficient (Wildman–Crippen LogP) is 4.43. The number of benzene rings is 3. The molecule has 3 aromatic carbocycles. The summed E-state index contributed by atoms with van der Waals surface area (Å²) in [4.78, 5) is 29.4. The number of nitrogens with one attached hydrogen (secondary N) is 1. The minimum absolute atomic E-state index is 0.0696. The maximum Gasteiger partial charge on any atom is 0.244 e. The first kappa shape index (κ1) is 31.2. The Morgan fingerprint density at radius 3 is 2.26 bits per heavy atom. The van der Waals surface area contributed by atoms with E-state index in [0.29, 0.717) is 36.2 Å². The Morgan fingerprint density at radius 2 is 1.62 bits per heavy atom. The number of carbonyl (C=O) groups excluding carboxylic acids is 2. The van der Waals surface area contributed by atoms with Crippen molar-refractivity contribution < 1.29 is 27.5 Å². The molecule has 0 saturated heterocycles. The van der Waals surface area contributed by atoms with Crippen molar-refractivity contribution in [2.45, 2.75) is 45.3 Å². The molecule has 1 N–H and O–H groups in total. The van der Waals surface area contributed by atoms with Crippen LogP contribution in [0.1, 0.15) is 31.4 Å². The molecule has 9 nitrogen and oxygen atoms in total. The molecule has 1 aliphatic rings. The van der Waals surface area contributed by atoms with Crippen molar-refractivity contribution in [3.8, 4) is 11.5 Å². The van der Waals surface area contributed by atoms with Crippen molar-refractivity contribution in [3.05, 3.63) is 88.9 Å². The molecule has 42 heavy (non-hydrogen) atoms. The number of rotatable bonds is 12. The van der Waals surface area contributed by atoms with Crippen LogP contribution in [0.5, 0.6) is 11.5 Å². The van der Waals surface area contributed by atoms with Crippen molar-refractivity contribution in [1.29, 1.82) is 0 Å². The lowest BCUT2D eigenvalue weighted by Crippen LogP contribution is -2.54. The number of sulfonamides is 1. The Morgan fingerprint density at radius 1 is 0.952 bits per heavy atom. The van der Waals surface area contributed by atoms with Gasteiger partial charge in [0.25, 0.3) is 0 Å². The lowest BCUT2D eigenvalue weighted by molar-refractivity contribution is -0.140. The zero-order chi connectivity index (χ0) is 30.3. The van der Waals surface area contributed by atoms with Gasteiger partial charge in [-0.1, -0.05) is 61.0 Å². The monoisotopic (exact) mass is 613 g/mol. The summed E-state index contributed by atoms with van der Waals surface area (Å²) in [6.45, 7) is 4.13. The Hall–Kier alpha value is -3.76. The van der Waals surface area contributed by atoms with Gasteiger partial charge in [0.15, 0.2) is 11.5 Å². The van der Waals surface area contributed by atoms with Crippen molar-refractivity contribution in [2.75, 3.05) is 30.3 Å². The summed E-state index contributed by atoms with van der Waals surface area (Å²) < 4.78 is 38.3. The number of hydrogen-bond donors (Lipinski definition) is 1. The highest BCUT2D eigenvalue weighted by atomic mass is 35.5. The average molecular weight is 614 g/mol. The smallest absolute Gasteiger partial charge is 0.244 e. The summed E-state index contributed by atoms with van der Waals surface area (Å²) in [5.74, 6) is 0.0396. The minimum atomic E-state index is -3.91. The molecule has 0 aliphatic carbocycles. The van der Waals surface area contributed by atoms with Crippen LogP contribution < -0.4 is 19.1 Å². The van der Waals surface area contributed by atoms with Crippen LogP contribution in [-0.4, -0.2) is 63.2 Å². The Bertz CT molecular complexity index is 1480. The Labute approximate surface area is 252 Å². The zero-order valence-corrected chi connectivity index (χ0v) is 25.5. The number of carbonyl (C=O) groups is 2. The van der Waals surface area contributed by atoms with Crippen LogP contribution in [0, 0.1) is 0 Å². The van der Waals surface area contributed by atoms with E-state index in [1.807, 2.05) is 44.2 Å². The highest BCUT2D eigenvalue weighted by molar-refractivity contribution is 7.92. The molecule has 1 heterocycles. The first-order valence-electron chi connectivity index (χ1n) is 13.8. The van der Waals surface area contributed by atoms with Gasteiger partial charge in [0, 0.05) is 30.1 Å². The van der Waals surface area contributed by atoms with Crippen molar-refractivity contribution in [2.24, 2.45) is 0 Å². The number of halogens is 1. The van der Waals surface area contributed by atoms with E-state index in [4.69, 9.17) is 21.1 Å². The van der Waals surface area contributed by atoms with Crippen molar-refractivity contribution >= 4 is 39.1 Å². The summed E-state index contributed by atoms with van der Waals surface area (Å²) in [5.41, 5.74) is 1.86. The third-order valence-electron chi connectivity index (χ3n) is 7.03. The molecular weight excluding hydrogens is 578 g/mol. The number of fused-ring (bicyclic) bond motifs is 1. The number of amides is 2. The first-order chi connectivity index (χ1) is 20.0. The molecule has 11 heteroatoms. The molecule has 2 atom stereocenters. The van der Waals surface area contributed by atoms with Gasteiger partial charge < -0.3 is 19.7 Å². The van der Waals surface area contributed by atoms with E-state index < -0.39 is 28.5 Å². The predicted molar refractivity (Wildman–Crippen MR) is 163 cm³/mol. The molecule has 1 aliphatic heterocycles. The molecule has 224 valence electrons. The topological polar surface area (TPSA) is 105 Å². The van der Waals surface area contributed by atoms with E-state index in [1.165, 1.54) is 4.90 Å². The van der Waals surface area contributed by atoms with Gasteiger partial charge in [0.1, 0.15) is 25.8 Å². The van der Waals surface area contributed by atoms with Gasteiger partial charge in [-0.15, -0.1) is 0 Å². The number of hydrogen-bond acceptors (Lipinski definition) is 6. The second kappa shape index (κ2) is 13.9. The molecule has 0 spiro atoms. The second-order valence-corrected chi connectivity index (χ2v) is 12.6. The standard InChI is InChI=1S/C31H36ClN3O6S/c1-4-22(2)33-31(37)27(18-23-8-6-5-7-9-23)34(20-24-10-12-25(32)13-11-24)30(36)21-35(42(3,38)39)26-14-15-28-29(19-26)41-17-16-40-28/h5-15,19,22,27H,4,16-18,20-21H2,1-3H3,(H,33,37)/t22-,27-/m0/s1. The molecule has 0 bridgehead atoms. The quantitative estimate of drug-likeness (QED) is 0.324. The van der Waals surface area contributed by atoms with Gasteiger partial charge in [0.2, 0.25) is 21.8 Å². The van der Waals surface area contributed by atoms with Gasteiger partial charge in [-0.05, 0) is 48.7 Å². The fourth-order valence-corrected chi connectivity index (χ4v) is 5.55. The highest BCUT2D eigenvalue weighted by Gasteiger charge is 2.33. The Balaban J connectivity index is 1.73. The van der Waals surface area contributed by atoms with E-state index in [0.717, 1.165) is 21.7 Å². The minimum Gasteiger partial charge on any atom is -0.486 e. The molecule has 0 aromatic heterocycles. The second-order valence-electron chi connectivity index (χ2n) is 10.3. The van der Waals surface area contributed by atoms with E-state index >= 15 is 0 Å². The van der Waals surface area contributed by atoms with Crippen LogP contribution in [-0.2, 0) is 32.6 Å². The van der Waals surface area contributed by atoms with Gasteiger partial charge >= 0.3 is 0 Å². The lowest BCUT2D eigenvalue weighted by Gasteiger charge is -2.34. The summed E-state index contributed by atoms with van der Waals surface area (Å²) in [7, 11) is -3.91. The molecule has 4 rings (SSSR count). The third-order valence-corrected chi connectivity index (χ3v) is 8.42. The number of nitrogens with zero attached hydrogens (tertiary/aromatic N) is 2. The van der Waals surface area contributed by atoms with Crippen LogP contribution in [0.3, 0.4) is 0 Å². The van der Waals surface area contributed by atoms with Gasteiger partial charge in [-0.3, -0.25) is 13.9 Å². The molecular formula is C31H36ClN3O6S. The van der Waals surface area contributed by atoms with E-state index in [9.17, 15) is 18.0 Å². The lowest BCUT2D eigenvalue weighted by atomic mass is 10.0. The van der Waals surface area contributed by atoms with E-state index in [1.54, 1.807) is 42.5 Å². The van der Waals surface area contributed by atoms with E-state index in [-0.39, 0.29) is 30.6 Å². The van der Waals surface area contributed by atoms with Crippen LogP contribution in [0.15, 0.2) is 72.8 Å². The molecule has 0 saturated carbocycles. The summed E-state index contributed by atoms with van der Waals surface area (Å²) in [6, 6.07) is 20.1. The van der Waals surface area contributed by atoms with E-state index in [2.05, 4.69) is 5.32 Å². The molecule has 2 amide bonds. The van der Waals surface area contributed by atoms with Crippen LogP contribution in [0.4, 0.5) is 5.69 Å². The highest BCUT2D eigenvalue weighted by Crippen LogP contribution is 2.35. The number of anilines is 1. The number of ether oxygens (including phenoxy) is 2. The van der Waals surface area contributed by atoms with Gasteiger partial charge in [0.05, 0.1) is 11.9 Å². The fraction of sp³-hybridized carbons (Fsp3) is 0.355. The molecule has 3 aromatic rings. The normalized spacial score (nSPS) is 14.0. The van der Waals surface area contributed by atoms with Crippen molar-refractivity contribution in [3.63, 3.8) is 0 Å². The van der Waals surface area contributed by atoms with Crippen LogP contribution in [0.2, 0.25) is 5.02 Å². The largest absolute Gasteiger partial charge is 0.486 e. The van der Waals surface area contributed by atoms with Gasteiger partial charge in [-0.2, -0.15) is 0 Å². The first-order valence-corrected chi connectivity index (χ1v) is 16.0. The van der Waals surface area contributed by atoms with Crippen molar-refractivity contribution in [1.82, 2.24) is 10.2 Å². The fourth-order valence-electron chi connectivity index (χ4n) is 4.58. The zero-order valence-electron chi connectivity index (χ0n) is 24.0. The molecule has 0 fully saturated rings. The third kappa shape index (κ3) is 8.17. The summed E-state index contributed by atoms with van der Waals surface area (Å²) >= 11 is 6.10. The van der Waals surface area contributed by atoms with Crippen LogP contribution >= 0.6 is 11.6 Å². The summed E-state index contributed by atoms with van der Waals surface area (Å²) in [5, 5.41) is 3.55. The van der Waals surface area contributed by atoms with Crippen LogP contribution in [0.25, 0.3) is 0 Å². The van der Waals surface area contributed by atoms with Gasteiger partial charge in [-0.25, -0.2) is 8.42 Å². The Kier molecular flexibility index (Phi) is 10.3. The SMILES string of the molecule is CC[C@H](C)NC(=O)[C@H](Cc1ccccc1)N(Cc1ccc(Cl)cc1)C(=O)CN(c1ccc2c(c1)OCCO2)S(C)(=O)=O. The molecule has 0 radical (unpaired) electrons. The molecule has 0 unspecified atom stereocenters. The summed E-state index contributed by atoms with van der Waals surface area (Å²) in [6.07, 6.45) is 1.99. The maximum atomic E-state index is 14.2.